The average Bonchev–Trinajstić information content (AvgIpc) is 1.95. The Morgan fingerprint density at radius 1 is 1.31 bits per heavy atom. The Bertz CT molecular complexity index is 268. The van der Waals surface area contributed by atoms with Gasteiger partial charge in [-0.3, -0.25) is 4.52 Å². The normalized spacial score (nSPS) is 16.2. The number of phosphoric acid groups is 1. The van der Waals surface area contributed by atoms with Crippen LogP contribution in [0.5, 0.6) is 0 Å². The number of phosphoric ester groups is 1. The zero-order valence-electron chi connectivity index (χ0n) is 10.9. The average molecular weight is 270 g/mol. The lowest BCUT2D eigenvalue weighted by molar-refractivity contribution is 0.0957. The molecule has 0 radical (unpaired) electrons. The lowest BCUT2D eigenvalue weighted by atomic mass is 10.2. The van der Waals surface area contributed by atoms with Gasteiger partial charge in [-0.1, -0.05) is 20.8 Å². The molecular formula is C9H23O5PSi. The van der Waals surface area contributed by atoms with E-state index in [-0.39, 0.29) is 11.6 Å². The molecule has 1 atom stereocenters. The van der Waals surface area contributed by atoms with Crippen molar-refractivity contribution in [3.05, 3.63) is 0 Å². The zero-order valence-corrected chi connectivity index (χ0v) is 12.7. The fourth-order valence-corrected chi connectivity index (χ4v) is 2.42. The number of hydrogen-bond acceptors (Lipinski definition) is 3. The van der Waals surface area contributed by atoms with Crippen molar-refractivity contribution in [1.82, 2.24) is 0 Å². The summed E-state index contributed by atoms with van der Waals surface area (Å²) in [4.78, 5) is 17.2. The van der Waals surface area contributed by atoms with Gasteiger partial charge < -0.3 is 14.2 Å². The molecule has 0 aliphatic heterocycles. The van der Waals surface area contributed by atoms with Crippen molar-refractivity contribution in [2.24, 2.45) is 0 Å². The molecule has 0 saturated heterocycles. The van der Waals surface area contributed by atoms with Crippen LogP contribution < -0.4 is 0 Å². The maximum atomic E-state index is 10.6. The van der Waals surface area contributed by atoms with Crippen molar-refractivity contribution in [2.45, 2.75) is 51.9 Å². The van der Waals surface area contributed by atoms with E-state index in [1.165, 1.54) is 0 Å². The molecule has 0 aliphatic rings. The first-order chi connectivity index (χ1) is 6.85. The molecule has 0 amide bonds. The van der Waals surface area contributed by atoms with Gasteiger partial charge in [-0.15, -0.1) is 0 Å². The van der Waals surface area contributed by atoms with Gasteiger partial charge in [0.05, 0.1) is 12.7 Å². The third-order valence-electron chi connectivity index (χ3n) is 2.80. The van der Waals surface area contributed by atoms with E-state index in [4.69, 9.17) is 14.2 Å². The fourth-order valence-electron chi connectivity index (χ4n) is 0.807. The Labute approximate surface area is 98.5 Å². The second kappa shape index (κ2) is 5.29. The van der Waals surface area contributed by atoms with Crippen molar-refractivity contribution in [2.75, 3.05) is 6.61 Å². The molecule has 1 unspecified atom stereocenters. The van der Waals surface area contributed by atoms with Crippen LogP contribution in [-0.4, -0.2) is 30.8 Å². The minimum atomic E-state index is -4.41. The van der Waals surface area contributed by atoms with E-state index < -0.39 is 22.2 Å². The number of rotatable bonds is 5. The predicted molar refractivity (Wildman–Crippen MR) is 65.7 cm³/mol. The van der Waals surface area contributed by atoms with Gasteiger partial charge in [-0.25, -0.2) is 4.57 Å². The Kier molecular flexibility index (Phi) is 5.38. The van der Waals surface area contributed by atoms with Gasteiger partial charge in [0.2, 0.25) is 0 Å². The summed E-state index contributed by atoms with van der Waals surface area (Å²) < 4.78 is 20.9. The van der Waals surface area contributed by atoms with Crippen molar-refractivity contribution < 1.29 is 23.3 Å². The van der Waals surface area contributed by atoms with E-state index in [1.54, 1.807) is 6.92 Å². The second-order valence-electron chi connectivity index (χ2n) is 5.48. The van der Waals surface area contributed by atoms with Gasteiger partial charge in [-0.2, -0.15) is 0 Å². The van der Waals surface area contributed by atoms with Crippen LogP contribution in [0.2, 0.25) is 18.1 Å². The third-order valence-corrected chi connectivity index (χ3v) is 7.94. The van der Waals surface area contributed by atoms with Crippen molar-refractivity contribution in [3.63, 3.8) is 0 Å². The molecule has 0 rings (SSSR count). The molecule has 7 heteroatoms. The largest absolute Gasteiger partial charge is 0.469 e. The Balaban J connectivity index is 4.21. The minimum Gasteiger partial charge on any atom is -0.414 e. The highest BCUT2D eigenvalue weighted by Gasteiger charge is 2.37. The molecule has 16 heavy (non-hydrogen) atoms. The highest BCUT2D eigenvalue weighted by molar-refractivity contribution is 7.46. The monoisotopic (exact) mass is 270 g/mol. The molecule has 0 heterocycles. The van der Waals surface area contributed by atoms with E-state index in [1.807, 2.05) is 0 Å². The summed E-state index contributed by atoms with van der Waals surface area (Å²) in [6.45, 7) is 12.3. The van der Waals surface area contributed by atoms with Gasteiger partial charge >= 0.3 is 7.82 Å². The highest BCUT2D eigenvalue weighted by atomic mass is 31.2. The van der Waals surface area contributed by atoms with Crippen molar-refractivity contribution in [3.8, 4) is 0 Å². The van der Waals surface area contributed by atoms with Crippen LogP contribution >= 0.6 is 7.82 Å². The molecule has 5 nitrogen and oxygen atoms in total. The second-order valence-corrected chi connectivity index (χ2v) is 11.5. The van der Waals surface area contributed by atoms with Gasteiger partial charge in [-0.05, 0) is 25.1 Å². The molecule has 0 saturated carbocycles. The molecule has 0 aromatic rings. The van der Waals surface area contributed by atoms with Gasteiger partial charge in [0.15, 0.2) is 8.32 Å². The predicted octanol–water partition coefficient (Wildman–Crippen LogP) is 2.51. The standard InChI is InChI=1S/C9H23O5PSi/c1-8(14-15(10,11)12)7-13-16(5,6)9(2,3)4/h8H,7H2,1-6H3,(H2,10,11,12). The van der Waals surface area contributed by atoms with Crippen LogP contribution in [0, 0.1) is 0 Å². The van der Waals surface area contributed by atoms with E-state index in [0.29, 0.717) is 0 Å². The zero-order chi connectivity index (χ0) is 13.2. The topological polar surface area (TPSA) is 76.0 Å². The molecule has 0 aromatic carbocycles. The van der Waals surface area contributed by atoms with E-state index in [9.17, 15) is 4.57 Å². The van der Waals surface area contributed by atoms with E-state index >= 15 is 0 Å². The Morgan fingerprint density at radius 2 is 1.75 bits per heavy atom. The maximum absolute atomic E-state index is 10.6. The van der Waals surface area contributed by atoms with E-state index in [2.05, 4.69) is 38.4 Å². The maximum Gasteiger partial charge on any atom is 0.469 e. The third kappa shape index (κ3) is 6.13. The molecule has 98 valence electrons. The minimum absolute atomic E-state index is 0.0782. The molecule has 2 N–H and O–H groups in total. The van der Waals surface area contributed by atoms with Crippen LogP contribution in [0.15, 0.2) is 0 Å². The van der Waals surface area contributed by atoms with Crippen molar-refractivity contribution >= 4 is 16.1 Å². The van der Waals surface area contributed by atoms with Crippen LogP contribution in [0.1, 0.15) is 27.7 Å². The SMILES string of the molecule is CC(CO[Si](C)(C)C(C)(C)C)OP(=O)(O)O. The number of hydrogen-bond donors (Lipinski definition) is 2. The lowest BCUT2D eigenvalue weighted by Crippen LogP contribution is -2.42. The summed E-state index contributed by atoms with van der Waals surface area (Å²) >= 11 is 0. The Hall–Kier alpha value is 0.287. The summed E-state index contributed by atoms with van der Waals surface area (Å²) in [6, 6.07) is 0. The molecule has 0 spiro atoms. The van der Waals surface area contributed by atoms with Crippen LogP contribution in [0.4, 0.5) is 0 Å². The first-order valence-corrected chi connectivity index (χ1v) is 9.67. The van der Waals surface area contributed by atoms with Gasteiger partial charge in [0, 0.05) is 0 Å². The van der Waals surface area contributed by atoms with Crippen molar-refractivity contribution in [1.29, 1.82) is 0 Å². The summed E-state index contributed by atoms with van der Waals surface area (Å²) in [5, 5.41) is 0.0782. The van der Waals surface area contributed by atoms with Crippen LogP contribution in [0.25, 0.3) is 0 Å². The first kappa shape index (κ1) is 16.3. The molecule has 0 fully saturated rings. The summed E-state index contributed by atoms with van der Waals surface area (Å²) in [5.74, 6) is 0. The molecular weight excluding hydrogens is 247 g/mol. The lowest BCUT2D eigenvalue weighted by Gasteiger charge is -2.36. The summed E-state index contributed by atoms with van der Waals surface area (Å²) in [6.07, 6.45) is -0.602. The molecule has 0 aliphatic carbocycles. The quantitative estimate of drug-likeness (QED) is 0.593. The van der Waals surface area contributed by atoms with Gasteiger partial charge in [0.1, 0.15) is 0 Å². The molecule has 0 bridgehead atoms. The Morgan fingerprint density at radius 3 is 2.06 bits per heavy atom. The van der Waals surface area contributed by atoms with E-state index in [0.717, 1.165) is 0 Å². The first-order valence-electron chi connectivity index (χ1n) is 5.23. The smallest absolute Gasteiger partial charge is 0.414 e. The summed E-state index contributed by atoms with van der Waals surface area (Å²) in [7, 11) is -6.29. The van der Waals surface area contributed by atoms with Crippen LogP contribution in [-0.2, 0) is 13.5 Å². The van der Waals surface area contributed by atoms with Crippen LogP contribution in [0.3, 0.4) is 0 Å². The highest BCUT2D eigenvalue weighted by Crippen LogP contribution is 2.39. The summed E-state index contributed by atoms with van der Waals surface area (Å²) in [5.41, 5.74) is 0. The van der Waals surface area contributed by atoms with Gasteiger partial charge in [0.25, 0.3) is 0 Å². The molecule has 0 aromatic heterocycles. The fraction of sp³-hybridized carbons (Fsp3) is 1.00.